The number of nitrogens with zero attached hydrogens (tertiary/aromatic N) is 5. The molecule has 3 aliphatic heterocycles. The van der Waals surface area contributed by atoms with Gasteiger partial charge < -0.3 is 62.1 Å². The van der Waals surface area contributed by atoms with Gasteiger partial charge in [-0.25, -0.2) is 17.6 Å². The second kappa shape index (κ2) is 44.5. The zero-order chi connectivity index (χ0) is 92.7. The number of likely N-dealkylation sites (N-methyl/N-ethyl adjacent to an activating group) is 1. The molecule has 0 aliphatic carbocycles. The fourth-order valence-electron chi connectivity index (χ4n) is 13.7. The van der Waals surface area contributed by atoms with Crippen LogP contribution in [0.3, 0.4) is 0 Å². The summed E-state index contributed by atoms with van der Waals surface area (Å²) in [7, 11) is 5.51. The van der Waals surface area contributed by atoms with E-state index in [-0.39, 0.29) is 76.7 Å². The molecule has 2 saturated heterocycles. The lowest BCUT2D eigenvalue weighted by atomic mass is 10.1. The highest BCUT2D eigenvalue weighted by atomic mass is 35.5. The van der Waals surface area contributed by atoms with Crippen LogP contribution in [0.1, 0.15) is 137 Å². The quantitative estimate of drug-likeness (QED) is 0.0193. The highest BCUT2D eigenvalue weighted by molar-refractivity contribution is 6.32. The molecular weight excluding hydrogens is 1750 g/mol. The van der Waals surface area contributed by atoms with E-state index in [4.69, 9.17) is 62.6 Å². The topological polar surface area (TPSA) is 330 Å². The van der Waals surface area contributed by atoms with Gasteiger partial charge in [-0.3, -0.25) is 59.6 Å². The third-order valence-electron chi connectivity index (χ3n) is 20.7. The monoisotopic (exact) mass is 1830 g/mol. The number of likely N-dealkylation sites (tertiary alicyclic amines) is 2. The minimum atomic E-state index is -0.661. The molecule has 0 atom stereocenters. The number of carbonyl (C=O) groups is 8. The van der Waals surface area contributed by atoms with Gasteiger partial charge in [-0.1, -0.05) is 143 Å². The van der Waals surface area contributed by atoms with Gasteiger partial charge in [0.2, 0.25) is 0 Å². The fraction of sp³-hybridized carbons (Fsp3) is 0.143. The van der Waals surface area contributed by atoms with Crippen molar-refractivity contribution in [1.82, 2.24) is 19.6 Å². The first-order chi connectivity index (χ1) is 62.5. The third-order valence-corrected chi connectivity index (χ3v) is 21.6. The Morgan fingerprint density at radius 3 is 0.815 bits per heavy atom. The van der Waals surface area contributed by atoms with Gasteiger partial charge in [0.1, 0.15) is 46.6 Å². The number of amides is 8. The molecule has 0 saturated carbocycles. The maximum Gasteiger partial charge on any atom is 0.257 e. The van der Waals surface area contributed by atoms with Crippen LogP contribution in [-0.2, 0) is 0 Å². The van der Waals surface area contributed by atoms with E-state index in [1.165, 1.54) is 61.0 Å². The fourth-order valence-corrected chi connectivity index (χ4v) is 14.3. The number of hydrogen-bond acceptors (Lipinski definition) is 13. The van der Waals surface area contributed by atoms with Crippen molar-refractivity contribution in [2.24, 2.45) is 4.99 Å². The SMILES string of the molecule is CN(C)C(=N)c1ccc(C(=O)Nc2ccccc2C(=O)Nc2ccc(Cl)cc2F)cc1.CN1CCN=C1c1ccc(C(=O)Nc2ccccc2C(=O)Nc2ccc(Cl)cc2F)cc1.N=C(c1ccc(C(=O)Nc2ccccc2C(=O)Nc2ccc(Cl)cc2F)cc1)N1CCCC1.N=C(c1ccc(C(=O)Nc2ccccc2C(=O)Nc2ccc(Cl)cc2F)cc1)N1CCCCC1. The molecule has 15 rings (SSSR count). The first-order valence-electron chi connectivity index (χ1n) is 40.8. The molecule has 0 radical (unpaired) electrons. The number of anilines is 8. The molecule has 12 aromatic rings. The van der Waals surface area contributed by atoms with Crippen molar-refractivity contribution in [2.75, 3.05) is 103 Å². The molecule has 3 aliphatic rings. The van der Waals surface area contributed by atoms with Crippen LogP contribution in [0.5, 0.6) is 0 Å². The number of hydrogen-bond donors (Lipinski definition) is 11. The van der Waals surface area contributed by atoms with E-state index in [9.17, 15) is 55.9 Å². The number of halogens is 8. The van der Waals surface area contributed by atoms with Crippen LogP contribution in [0.25, 0.3) is 0 Å². The zero-order valence-electron chi connectivity index (χ0n) is 70.2. The molecule has 0 bridgehead atoms. The summed E-state index contributed by atoms with van der Waals surface area (Å²) >= 11 is 23.0. The number of aliphatic imine (C=N–C) groups is 1. The molecule has 0 unspecified atom stereocenters. The van der Waals surface area contributed by atoms with Crippen molar-refractivity contribution in [3.8, 4) is 0 Å². The molecule has 11 N–H and O–H groups in total. The average Bonchev–Trinajstić information content (AvgIpc) is 1.43. The van der Waals surface area contributed by atoms with E-state index in [1.807, 2.05) is 24.1 Å². The lowest BCUT2D eigenvalue weighted by molar-refractivity contribution is 0.101. The normalized spacial score (nSPS) is 12.4. The molecule has 24 nitrogen and oxygen atoms in total. The van der Waals surface area contributed by atoms with Crippen LogP contribution >= 0.6 is 46.4 Å². The van der Waals surface area contributed by atoms with Crippen LogP contribution in [0.4, 0.5) is 63.1 Å². The zero-order valence-corrected chi connectivity index (χ0v) is 73.2. The van der Waals surface area contributed by atoms with Crippen LogP contribution in [0.15, 0.2) is 272 Å². The minimum Gasteiger partial charge on any atom is -0.363 e. The summed E-state index contributed by atoms with van der Waals surface area (Å²) in [5.74, 6) is -4.32. The number of piperidine rings is 1. The first-order valence-corrected chi connectivity index (χ1v) is 42.3. The van der Waals surface area contributed by atoms with Crippen LogP contribution < -0.4 is 42.5 Å². The van der Waals surface area contributed by atoms with Crippen molar-refractivity contribution >= 4 is 163 Å². The van der Waals surface area contributed by atoms with E-state index < -0.39 is 64.6 Å². The number of para-hydroxylation sites is 4. The Kier molecular flexibility index (Phi) is 32.3. The van der Waals surface area contributed by atoms with Gasteiger partial charge in [0.15, 0.2) is 0 Å². The predicted octanol–water partition coefficient (Wildman–Crippen LogP) is 20.7. The Bertz CT molecular complexity index is 6300. The third kappa shape index (κ3) is 25.1. The summed E-state index contributed by atoms with van der Waals surface area (Å²) in [6, 6.07) is 69.1. The second-order valence-corrected chi connectivity index (χ2v) is 31.7. The first kappa shape index (κ1) is 94.3. The predicted molar refractivity (Wildman–Crippen MR) is 505 cm³/mol. The van der Waals surface area contributed by atoms with Crippen molar-refractivity contribution in [3.63, 3.8) is 0 Å². The minimum absolute atomic E-state index is 0.00378. The van der Waals surface area contributed by atoms with Gasteiger partial charge in [0.05, 0.1) is 74.3 Å². The summed E-state index contributed by atoms with van der Waals surface area (Å²) in [6.45, 7) is 5.13. The molecule has 32 heteroatoms. The van der Waals surface area contributed by atoms with Crippen molar-refractivity contribution in [2.45, 2.75) is 32.1 Å². The lowest BCUT2D eigenvalue weighted by Crippen LogP contribution is -2.35. The molecule has 0 spiro atoms. The molecule has 130 heavy (non-hydrogen) atoms. The van der Waals surface area contributed by atoms with Gasteiger partial charge in [0, 0.05) is 118 Å². The number of amidine groups is 4. The number of rotatable bonds is 20. The van der Waals surface area contributed by atoms with E-state index in [0.29, 0.717) is 62.4 Å². The van der Waals surface area contributed by atoms with Gasteiger partial charge in [-0.2, -0.15) is 0 Å². The van der Waals surface area contributed by atoms with Crippen LogP contribution in [-0.4, -0.2) is 151 Å². The van der Waals surface area contributed by atoms with Crippen molar-refractivity contribution in [1.29, 1.82) is 16.2 Å². The second-order valence-electron chi connectivity index (χ2n) is 29.9. The van der Waals surface area contributed by atoms with Gasteiger partial charge >= 0.3 is 0 Å². The van der Waals surface area contributed by atoms with E-state index >= 15 is 0 Å². The Morgan fingerprint density at radius 2 is 0.554 bits per heavy atom. The lowest BCUT2D eigenvalue weighted by Gasteiger charge is -2.29. The number of benzene rings is 12. The van der Waals surface area contributed by atoms with Crippen LogP contribution in [0, 0.1) is 39.5 Å². The molecule has 0 aromatic heterocycles. The Balaban J connectivity index is 0.000000157. The summed E-state index contributed by atoms with van der Waals surface area (Å²) in [4.78, 5) is 114. The molecular formula is C98H86Cl4F4N16O8. The largest absolute Gasteiger partial charge is 0.363 e. The summed E-state index contributed by atoms with van der Waals surface area (Å²) in [6.07, 6.45) is 5.53. The number of nitrogens with one attached hydrogen (secondary N) is 11. The molecule has 8 amide bonds. The molecule has 3 heterocycles. The smallest absolute Gasteiger partial charge is 0.257 e. The molecule has 662 valence electrons. The van der Waals surface area contributed by atoms with Gasteiger partial charge in [-0.15, -0.1) is 0 Å². The van der Waals surface area contributed by atoms with Gasteiger partial charge in [-0.05, 0) is 202 Å². The summed E-state index contributed by atoms with van der Waals surface area (Å²) in [5.41, 5.74) is 6.61. The Hall–Kier alpha value is -14.8. The average molecular weight is 1830 g/mol. The van der Waals surface area contributed by atoms with Crippen molar-refractivity contribution < 1.29 is 55.9 Å². The summed E-state index contributed by atoms with van der Waals surface area (Å²) in [5, 5.41) is 46.6. The van der Waals surface area contributed by atoms with E-state index in [1.54, 1.807) is 195 Å². The highest BCUT2D eigenvalue weighted by Gasteiger charge is 2.25. The summed E-state index contributed by atoms with van der Waals surface area (Å²) < 4.78 is 56.2. The number of carbonyl (C=O) groups excluding carboxylic acids is 8. The standard InChI is InChI=1S/C26H24ClFN4O2.C25H22ClFN4O2.C24H20ClFN4O2.C23H20ClFN4O2/c27-19-12-13-23(21(28)16-19)31-26(34)20-6-2-3-7-22(20)30-25(33)18-10-8-17(9-11-18)24(29)32-14-4-1-5-15-32;26-18-11-12-22(20(27)15-18)30-25(33)19-5-1-2-6-21(19)29-24(32)17-9-7-16(8-10-17)23(28)31-13-3-4-14-31;1-30-13-12-27-22(30)15-6-8-16(9-7-15)23(31)28-20-5-3-2-4-18(20)24(32)29-21-11-10-17(25)14-19(21)26;1-29(2)21(26)14-7-9-15(10-8-14)22(30)27-19-6-4-3-5-17(19)23(31)28-20-12-11-16(24)13-18(20)25/h2-3,6-13,16,29H,1,4-5,14-15H2,(H,30,33)(H,31,34);1-2,5-12,15,28H,3-4,13-14H2,(H,29,32)(H,30,33);2-11,14H,12-13H2,1H3,(H,28,31)(H,29,32);3-13,26H,1-2H3,(H,27,30)(H,28,31). The Morgan fingerprint density at radius 1 is 0.308 bits per heavy atom. The van der Waals surface area contributed by atoms with E-state index in [2.05, 4.69) is 57.3 Å². The van der Waals surface area contributed by atoms with Gasteiger partial charge in [0.25, 0.3) is 47.3 Å². The molecule has 2 fully saturated rings. The van der Waals surface area contributed by atoms with E-state index in [0.717, 1.165) is 112 Å². The highest BCUT2D eigenvalue weighted by Crippen LogP contribution is 2.30. The Labute approximate surface area is 766 Å². The van der Waals surface area contributed by atoms with Crippen molar-refractivity contribution in [3.05, 3.63) is 377 Å². The maximum atomic E-state index is 14.1. The van der Waals surface area contributed by atoms with Crippen LogP contribution in [0.2, 0.25) is 20.1 Å². The maximum absolute atomic E-state index is 14.1. The molecule has 12 aromatic carbocycles.